The second-order valence-corrected chi connectivity index (χ2v) is 5.01. The molecule has 0 bridgehead atoms. The van der Waals surface area contributed by atoms with Crippen LogP contribution in [0.4, 0.5) is 4.39 Å². The third-order valence-corrected chi connectivity index (χ3v) is 3.33. The summed E-state index contributed by atoms with van der Waals surface area (Å²) in [6, 6.07) is 7.32. The van der Waals surface area contributed by atoms with Gasteiger partial charge in [0.15, 0.2) is 0 Å². The van der Waals surface area contributed by atoms with Crippen LogP contribution in [0, 0.1) is 19.7 Å². The molecule has 2 aromatic rings. The zero-order valence-electron chi connectivity index (χ0n) is 11.9. The summed E-state index contributed by atoms with van der Waals surface area (Å²) in [4.78, 5) is 0. The van der Waals surface area contributed by atoms with E-state index in [4.69, 9.17) is 0 Å². The molecule has 0 aliphatic carbocycles. The number of likely N-dealkylation sites (N-methyl/N-ethyl adjacent to an activating group) is 1. The number of nitrogens with one attached hydrogen (secondary N) is 1. The van der Waals surface area contributed by atoms with E-state index in [0.29, 0.717) is 0 Å². The summed E-state index contributed by atoms with van der Waals surface area (Å²) in [7, 11) is 3.83. The second-order valence-electron chi connectivity index (χ2n) is 5.01. The topological polar surface area (TPSA) is 29.9 Å². The molecule has 0 spiro atoms. The highest BCUT2D eigenvalue weighted by atomic mass is 19.1. The summed E-state index contributed by atoms with van der Waals surface area (Å²) in [5.41, 5.74) is 4.05. The van der Waals surface area contributed by atoms with E-state index in [1.54, 1.807) is 12.1 Å². The molecule has 0 aliphatic rings. The van der Waals surface area contributed by atoms with Gasteiger partial charge in [0.05, 0.1) is 5.69 Å². The van der Waals surface area contributed by atoms with Gasteiger partial charge in [0.25, 0.3) is 0 Å². The maximum Gasteiger partial charge on any atom is 0.123 e. The number of aromatic nitrogens is 2. The Balaban J connectivity index is 2.27. The molecule has 1 heterocycles. The van der Waals surface area contributed by atoms with Crippen molar-refractivity contribution in [2.75, 3.05) is 7.05 Å². The van der Waals surface area contributed by atoms with Gasteiger partial charge in [-0.2, -0.15) is 5.10 Å². The van der Waals surface area contributed by atoms with Crippen LogP contribution in [-0.2, 0) is 13.5 Å². The largest absolute Gasteiger partial charge is 0.313 e. The maximum absolute atomic E-state index is 13.5. The Hall–Kier alpha value is -1.68. The van der Waals surface area contributed by atoms with E-state index in [2.05, 4.69) is 16.5 Å². The highest BCUT2D eigenvalue weighted by molar-refractivity contribution is 5.27. The summed E-state index contributed by atoms with van der Waals surface area (Å²) in [6.07, 6.45) is 0.788. The fourth-order valence-corrected chi connectivity index (χ4v) is 2.42. The molecule has 1 aromatic carbocycles. The minimum absolute atomic E-state index is 0.0872. The zero-order valence-corrected chi connectivity index (χ0v) is 11.9. The molecule has 0 amide bonds. The summed E-state index contributed by atoms with van der Waals surface area (Å²) in [6.45, 7) is 3.89. The Morgan fingerprint density at radius 2 is 2.00 bits per heavy atom. The van der Waals surface area contributed by atoms with Crippen LogP contribution in [0.5, 0.6) is 0 Å². The van der Waals surface area contributed by atoms with Gasteiger partial charge in [-0.1, -0.05) is 6.07 Å². The van der Waals surface area contributed by atoms with Crippen LogP contribution in [0.3, 0.4) is 0 Å². The van der Waals surface area contributed by atoms with Crippen molar-refractivity contribution in [2.24, 2.45) is 7.05 Å². The Labute approximate surface area is 113 Å². The lowest BCUT2D eigenvalue weighted by Crippen LogP contribution is -2.20. The lowest BCUT2D eigenvalue weighted by atomic mass is 10.00. The molecular weight excluding hydrogens is 241 g/mol. The first-order chi connectivity index (χ1) is 8.99. The van der Waals surface area contributed by atoms with Crippen LogP contribution in [0.15, 0.2) is 24.3 Å². The fourth-order valence-electron chi connectivity index (χ4n) is 2.42. The predicted octanol–water partition coefficient (Wildman–Crippen LogP) is 2.68. The van der Waals surface area contributed by atoms with Crippen LogP contribution >= 0.6 is 0 Å². The number of nitrogens with zero attached hydrogens (tertiary/aromatic N) is 2. The van der Waals surface area contributed by atoms with Crippen LogP contribution in [0.2, 0.25) is 0 Å². The average molecular weight is 261 g/mol. The Morgan fingerprint density at radius 3 is 2.53 bits per heavy atom. The molecular formula is C15H20FN3. The summed E-state index contributed by atoms with van der Waals surface area (Å²) >= 11 is 0. The smallest absolute Gasteiger partial charge is 0.123 e. The number of rotatable bonds is 4. The quantitative estimate of drug-likeness (QED) is 0.917. The molecule has 1 N–H and O–H groups in total. The Kier molecular flexibility index (Phi) is 4.00. The van der Waals surface area contributed by atoms with Crippen molar-refractivity contribution in [3.05, 3.63) is 52.6 Å². The van der Waals surface area contributed by atoms with Gasteiger partial charge < -0.3 is 5.32 Å². The van der Waals surface area contributed by atoms with Crippen molar-refractivity contribution in [3.63, 3.8) is 0 Å². The second kappa shape index (κ2) is 5.53. The molecule has 0 saturated carbocycles. The Morgan fingerprint density at radius 1 is 1.26 bits per heavy atom. The third-order valence-electron chi connectivity index (χ3n) is 3.33. The molecule has 0 radical (unpaired) electrons. The first kappa shape index (κ1) is 13.7. The molecule has 1 unspecified atom stereocenters. The van der Waals surface area contributed by atoms with Crippen LogP contribution in [0.1, 0.15) is 28.6 Å². The summed E-state index contributed by atoms with van der Waals surface area (Å²) in [5, 5.41) is 7.59. The van der Waals surface area contributed by atoms with Crippen LogP contribution < -0.4 is 5.32 Å². The normalized spacial score (nSPS) is 12.7. The van der Waals surface area contributed by atoms with Crippen LogP contribution in [-0.4, -0.2) is 16.8 Å². The van der Waals surface area contributed by atoms with Gasteiger partial charge in [-0.15, -0.1) is 0 Å². The van der Waals surface area contributed by atoms with Crippen molar-refractivity contribution in [3.8, 4) is 0 Å². The monoisotopic (exact) mass is 261 g/mol. The van der Waals surface area contributed by atoms with E-state index in [1.807, 2.05) is 38.7 Å². The molecule has 102 valence electrons. The number of aryl methyl sites for hydroxylation is 3. The minimum Gasteiger partial charge on any atom is -0.313 e. The summed E-state index contributed by atoms with van der Waals surface area (Å²) in [5.74, 6) is -0.184. The highest BCUT2D eigenvalue weighted by Gasteiger charge is 2.14. The SMILES string of the molecule is CNC(Cc1cc(C)nn1C)c1cc(C)cc(F)c1. The standard InChI is InChI=1S/C15H20FN3/c1-10-5-12(8-13(16)6-10)15(17-3)9-14-7-11(2)18-19(14)4/h5-8,15,17H,9H2,1-4H3. The summed E-state index contributed by atoms with van der Waals surface area (Å²) < 4.78 is 15.4. The number of halogens is 1. The molecule has 0 saturated heterocycles. The molecule has 1 aromatic heterocycles. The molecule has 19 heavy (non-hydrogen) atoms. The van der Waals surface area contributed by atoms with Gasteiger partial charge >= 0.3 is 0 Å². The zero-order chi connectivity index (χ0) is 14.0. The van der Waals surface area contributed by atoms with Gasteiger partial charge in [-0.25, -0.2) is 4.39 Å². The van der Waals surface area contributed by atoms with E-state index < -0.39 is 0 Å². The van der Waals surface area contributed by atoms with Crippen molar-refractivity contribution < 1.29 is 4.39 Å². The third kappa shape index (κ3) is 3.20. The van der Waals surface area contributed by atoms with Gasteiger partial charge in [0.2, 0.25) is 0 Å². The lowest BCUT2D eigenvalue weighted by molar-refractivity contribution is 0.553. The Bertz CT molecular complexity index is 555. The van der Waals surface area contributed by atoms with Gasteiger partial charge in [0.1, 0.15) is 5.82 Å². The number of benzene rings is 1. The molecule has 0 fully saturated rings. The number of hydrogen-bond donors (Lipinski definition) is 1. The first-order valence-corrected chi connectivity index (χ1v) is 6.43. The minimum atomic E-state index is -0.184. The van der Waals surface area contributed by atoms with E-state index >= 15 is 0 Å². The van der Waals surface area contributed by atoms with Gasteiger partial charge in [-0.3, -0.25) is 4.68 Å². The van der Waals surface area contributed by atoms with Crippen molar-refractivity contribution in [1.82, 2.24) is 15.1 Å². The van der Waals surface area contributed by atoms with E-state index in [9.17, 15) is 4.39 Å². The predicted molar refractivity (Wildman–Crippen MR) is 74.6 cm³/mol. The maximum atomic E-state index is 13.5. The average Bonchev–Trinajstić information content (AvgIpc) is 2.63. The van der Waals surface area contributed by atoms with Crippen molar-refractivity contribution in [1.29, 1.82) is 0 Å². The lowest BCUT2D eigenvalue weighted by Gasteiger charge is -2.17. The van der Waals surface area contributed by atoms with E-state index in [-0.39, 0.29) is 11.9 Å². The van der Waals surface area contributed by atoms with E-state index in [1.165, 1.54) is 0 Å². The molecule has 2 rings (SSSR count). The molecule has 0 aliphatic heterocycles. The first-order valence-electron chi connectivity index (χ1n) is 6.43. The highest BCUT2D eigenvalue weighted by Crippen LogP contribution is 2.20. The number of hydrogen-bond acceptors (Lipinski definition) is 2. The van der Waals surface area contributed by atoms with E-state index in [0.717, 1.165) is 28.9 Å². The van der Waals surface area contributed by atoms with Gasteiger partial charge in [0, 0.05) is 25.2 Å². The molecule has 1 atom stereocenters. The van der Waals surface area contributed by atoms with Crippen molar-refractivity contribution in [2.45, 2.75) is 26.3 Å². The fraction of sp³-hybridized carbons (Fsp3) is 0.400. The molecule has 3 nitrogen and oxygen atoms in total. The van der Waals surface area contributed by atoms with Crippen LogP contribution in [0.25, 0.3) is 0 Å². The van der Waals surface area contributed by atoms with Gasteiger partial charge in [-0.05, 0) is 50.2 Å². The molecule has 4 heteroatoms. The van der Waals surface area contributed by atoms with Crippen molar-refractivity contribution >= 4 is 0 Å².